The lowest BCUT2D eigenvalue weighted by atomic mass is 10.2. The second-order valence-corrected chi connectivity index (χ2v) is 7.15. The summed E-state index contributed by atoms with van der Waals surface area (Å²) in [6.45, 7) is 4.77. The predicted octanol–water partition coefficient (Wildman–Crippen LogP) is 4.38. The average molecular weight is 347 g/mol. The van der Waals surface area contributed by atoms with Crippen molar-refractivity contribution in [2.75, 3.05) is 5.32 Å². The summed E-state index contributed by atoms with van der Waals surface area (Å²) >= 11 is 1.72. The van der Waals surface area contributed by atoms with Gasteiger partial charge in [0.25, 0.3) is 0 Å². The number of hydrogen-bond donors (Lipinski definition) is 1. The maximum absolute atomic E-state index is 4.74. The molecule has 1 aromatic carbocycles. The molecule has 0 radical (unpaired) electrons. The summed E-state index contributed by atoms with van der Waals surface area (Å²) < 4.78 is 0. The van der Waals surface area contributed by atoms with Crippen LogP contribution in [0.3, 0.4) is 0 Å². The van der Waals surface area contributed by atoms with E-state index in [1.54, 1.807) is 23.7 Å². The largest absolute Gasteiger partial charge is 0.364 e. The molecule has 0 unspecified atom stereocenters. The molecule has 0 saturated carbocycles. The molecule has 25 heavy (non-hydrogen) atoms. The zero-order valence-corrected chi connectivity index (χ0v) is 14.8. The highest BCUT2D eigenvalue weighted by atomic mass is 32.1. The normalized spacial score (nSPS) is 11.0. The van der Waals surface area contributed by atoms with Crippen LogP contribution in [0.25, 0.3) is 22.3 Å². The fraction of sp³-hybridized carbons (Fsp3) is 0.158. The number of anilines is 1. The first-order chi connectivity index (χ1) is 12.2. The summed E-state index contributed by atoms with van der Waals surface area (Å²) in [6.07, 6.45) is 3.53. The van der Waals surface area contributed by atoms with Crippen LogP contribution in [0.1, 0.15) is 15.6 Å². The Morgan fingerprint density at radius 1 is 1.00 bits per heavy atom. The Balaban J connectivity index is 1.75. The van der Waals surface area contributed by atoms with Crippen LogP contribution in [-0.2, 0) is 6.54 Å². The number of aryl methyl sites for hydroxylation is 2. The van der Waals surface area contributed by atoms with Crippen molar-refractivity contribution in [2.24, 2.45) is 0 Å². The van der Waals surface area contributed by atoms with Gasteiger partial charge < -0.3 is 5.32 Å². The van der Waals surface area contributed by atoms with Gasteiger partial charge in [0, 0.05) is 28.2 Å². The van der Waals surface area contributed by atoms with Crippen molar-refractivity contribution < 1.29 is 0 Å². The molecule has 4 rings (SSSR count). The molecule has 0 amide bonds. The van der Waals surface area contributed by atoms with Gasteiger partial charge in [0.05, 0.1) is 22.8 Å². The fourth-order valence-corrected chi connectivity index (χ4v) is 3.57. The van der Waals surface area contributed by atoms with Gasteiger partial charge in [0.15, 0.2) is 5.82 Å². The third-order valence-electron chi connectivity index (χ3n) is 3.95. The molecule has 0 aliphatic rings. The topological polar surface area (TPSA) is 63.6 Å². The lowest BCUT2D eigenvalue weighted by Gasteiger charge is -2.10. The van der Waals surface area contributed by atoms with Gasteiger partial charge in [0.1, 0.15) is 5.82 Å². The monoisotopic (exact) mass is 347 g/mol. The minimum atomic E-state index is 0.643. The predicted molar refractivity (Wildman–Crippen MR) is 102 cm³/mol. The van der Waals surface area contributed by atoms with E-state index >= 15 is 0 Å². The van der Waals surface area contributed by atoms with Crippen molar-refractivity contribution in [2.45, 2.75) is 20.4 Å². The third kappa shape index (κ3) is 3.21. The summed E-state index contributed by atoms with van der Waals surface area (Å²) in [7, 11) is 0. The van der Waals surface area contributed by atoms with Crippen LogP contribution in [0.2, 0.25) is 0 Å². The number of fused-ring (bicyclic) bond motifs is 1. The van der Waals surface area contributed by atoms with Crippen LogP contribution in [0.5, 0.6) is 0 Å². The van der Waals surface area contributed by atoms with E-state index in [1.807, 2.05) is 43.3 Å². The molecule has 0 bridgehead atoms. The van der Waals surface area contributed by atoms with E-state index in [0.29, 0.717) is 12.4 Å². The highest BCUT2D eigenvalue weighted by Gasteiger charge is 2.11. The first-order valence-electron chi connectivity index (χ1n) is 8.04. The molecule has 1 N–H and O–H groups in total. The molecular formula is C19H17N5S. The highest BCUT2D eigenvalue weighted by Crippen LogP contribution is 2.25. The molecule has 6 heteroatoms. The SMILES string of the molecule is Cc1nc(CNc2nc(-c3cccnc3)nc3ccccc23)c(C)s1. The molecule has 0 atom stereocenters. The van der Waals surface area contributed by atoms with Crippen molar-refractivity contribution in [3.8, 4) is 11.4 Å². The second kappa shape index (κ2) is 6.57. The number of hydrogen-bond acceptors (Lipinski definition) is 6. The Bertz CT molecular complexity index is 1030. The van der Waals surface area contributed by atoms with Crippen LogP contribution < -0.4 is 5.32 Å². The van der Waals surface area contributed by atoms with Gasteiger partial charge in [-0.25, -0.2) is 15.0 Å². The number of pyridine rings is 1. The lowest BCUT2D eigenvalue weighted by molar-refractivity contribution is 1.02. The summed E-state index contributed by atoms with van der Waals surface area (Å²) in [5.74, 6) is 1.48. The summed E-state index contributed by atoms with van der Waals surface area (Å²) in [4.78, 5) is 19.4. The number of thiazole rings is 1. The van der Waals surface area contributed by atoms with Crippen LogP contribution in [0, 0.1) is 13.8 Å². The zero-order valence-electron chi connectivity index (χ0n) is 14.0. The third-order valence-corrected chi connectivity index (χ3v) is 4.87. The number of para-hydroxylation sites is 1. The van der Waals surface area contributed by atoms with Crippen LogP contribution >= 0.6 is 11.3 Å². The molecule has 0 fully saturated rings. The molecule has 0 saturated heterocycles. The Morgan fingerprint density at radius 3 is 2.64 bits per heavy atom. The van der Waals surface area contributed by atoms with Gasteiger partial charge in [-0.3, -0.25) is 4.98 Å². The van der Waals surface area contributed by atoms with E-state index in [9.17, 15) is 0 Å². The fourth-order valence-electron chi connectivity index (χ4n) is 2.74. The van der Waals surface area contributed by atoms with E-state index in [1.165, 1.54) is 4.88 Å². The maximum Gasteiger partial charge on any atom is 0.163 e. The summed E-state index contributed by atoms with van der Waals surface area (Å²) in [5, 5.41) is 5.52. The maximum atomic E-state index is 4.74. The first-order valence-corrected chi connectivity index (χ1v) is 8.86. The molecular weight excluding hydrogens is 330 g/mol. The Hall–Kier alpha value is -2.86. The van der Waals surface area contributed by atoms with Crippen LogP contribution in [-0.4, -0.2) is 19.9 Å². The summed E-state index contributed by atoms with van der Waals surface area (Å²) in [5.41, 5.74) is 2.87. The minimum Gasteiger partial charge on any atom is -0.364 e. The highest BCUT2D eigenvalue weighted by molar-refractivity contribution is 7.11. The summed E-state index contributed by atoms with van der Waals surface area (Å²) in [6, 6.07) is 11.9. The molecule has 3 aromatic heterocycles. The molecule has 0 aliphatic heterocycles. The van der Waals surface area contributed by atoms with Crippen molar-refractivity contribution in [3.05, 3.63) is 64.4 Å². The Labute approximate surface area is 149 Å². The van der Waals surface area contributed by atoms with Crippen molar-refractivity contribution in [1.29, 1.82) is 0 Å². The molecule has 124 valence electrons. The standard InChI is InChI=1S/C19H17N5S/c1-12-17(22-13(2)25-12)11-21-19-15-7-3-4-8-16(15)23-18(24-19)14-6-5-9-20-10-14/h3-10H,11H2,1-2H3,(H,21,23,24). The second-order valence-electron chi connectivity index (χ2n) is 5.74. The molecule has 0 spiro atoms. The van der Waals surface area contributed by atoms with E-state index < -0.39 is 0 Å². The van der Waals surface area contributed by atoms with Gasteiger partial charge >= 0.3 is 0 Å². The quantitative estimate of drug-likeness (QED) is 0.593. The minimum absolute atomic E-state index is 0.643. The van der Waals surface area contributed by atoms with E-state index in [-0.39, 0.29) is 0 Å². The van der Waals surface area contributed by atoms with Gasteiger partial charge in [-0.2, -0.15) is 0 Å². The number of benzene rings is 1. The number of nitrogens with one attached hydrogen (secondary N) is 1. The van der Waals surface area contributed by atoms with Gasteiger partial charge in [0.2, 0.25) is 0 Å². The molecule has 5 nitrogen and oxygen atoms in total. The van der Waals surface area contributed by atoms with Crippen molar-refractivity contribution in [3.63, 3.8) is 0 Å². The Kier molecular flexibility index (Phi) is 4.11. The zero-order chi connectivity index (χ0) is 17.2. The van der Waals surface area contributed by atoms with Gasteiger partial charge in [-0.05, 0) is 38.1 Å². The molecule has 3 heterocycles. The number of aromatic nitrogens is 4. The molecule has 4 aromatic rings. The van der Waals surface area contributed by atoms with Crippen LogP contribution in [0.4, 0.5) is 5.82 Å². The average Bonchev–Trinajstić information content (AvgIpc) is 2.97. The molecule has 0 aliphatic carbocycles. The van der Waals surface area contributed by atoms with Crippen LogP contribution in [0.15, 0.2) is 48.8 Å². The first kappa shape index (κ1) is 15.7. The van der Waals surface area contributed by atoms with Gasteiger partial charge in [-0.15, -0.1) is 11.3 Å². The van der Waals surface area contributed by atoms with Crippen molar-refractivity contribution in [1.82, 2.24) is 19.9 Å². The van der Waals surface area contributed by atoms with E-state index in [4.69, 9.17) is 4.98 Å². The Morgan fingerprint density at radius 2 is 1.88 bits per heavy atom. The lowest BCUT2D eigenvalue weighted by Crippen LogP contribution is -2.05. The van der Waals surface area contributed by atoms with Gasteiger partial charge in [-0.1, -0.05) is 12.1 Å². The van der Waals surface area contributed by atoms with E-state index in [0.717, 1.165) is 33.0 Å². The smallest absolute Gasteiger partial charge is 0.163 e. The van der Waals surface area contributed by atoms with Crippen molar-refractivity contribution >= 4 is 28.1 Å². The number of rotatable bonds is 4. The van der Waals surface area contributed by atoms with E-state index in [2.05, 4.69) is 27.2 Å². The number of nitrogens with zero attached hydrogens (tertiary/aromatic N) is 4.